The first-order valence-corrected chi connectivity index (χ1v) is 8.15. The Morgan fingerprint density at radius 1 is 1.61 bits per heavy atom. The van der Waals surface area contributed by atoms with E-state index in [1.165, 1.54) is 17.4 Å². The summed E-state index contributed by atoms with van der Waals surface area (Å²) in [6, 6.07) is -0.384. The molecule has 1 aromatic rings. The van der Waals surface area contributed by atoms with E-state index in [2.05, 4.69) is 10.3 Å². The number of sulfone groups is 1. The zero-order valence-electron chi connectivity index (χ0n) is 9.92. The zero-order chi connectivity index (χ0) is 13.2. The average Bonchev–Trinajstić information content (AvgIpc) is 2.82. The molecule has 0 bridgehead atoms. The Hall–Kier alpha value is -1.21. The lowest BCUT2D eigenvalue weighted by Crippen LogP contribution is -2.35. The van der Waals surface area contributed by atoms with Crippen molar-refractivity contribution in [1.82, 2.24) is 10.3 Å². The highest BCUT2D eigenvalue weighted by atomic mass is 32.2. The average molecular weight is 286 g/mol. The molecule has 1 amide bonds. The monoisotopic (exact) mass is 286 g/mol. The summed E-state index contributed by atoms with van der Waals surface area (Å²) in [4.78, 5) is 16.9. The van der Waals surface area contributed by atoms with Gasteiger partial charge in [0, 0.05) is 16.7 Å². The van der Waals surface area contributed by atoms with Crippen molar-refractivity contribution in [2.75, 3.05) is 5.75 Å². The van der Waals surface area contributed by atoms with Crippen molar-refractivity contribution in [1.29, 1.82) is 0 Å². The highest BCUT2D eigenvalue weighted by molar-refractivity contribution is 7.94. The molecule has 1 N–H and O–H groups in total. The second-order valence-corrected chi connectivity index (χ2v) is 7.06. The first-order chi connectivity index (χ1) is 8.46. The SMILES string of the molecule is Cc1ncsc1CCC(=O)N[C@@H]1C=CS(=O)(=O)C1. The van der Waals surface area contributed by atoms with Crippen LogP contribution in [0.25, 0.3) is 0 Å². The van der Waals surface area contributed by atoms with Crippen LogP contribution in [0.5, 0.6) is 0 Å². The molecular formula is C11H14N2O3S2. The number of carbonyl (C=O) groups is 1. The third-order valence-corrected chi connectivity index (χ3v) is 5.09. The van der Waals surface area contributed by atoms with Crippen LogP contribution in [0, 0.1) is 6.92 Å². The van der Waals surface area contributed by atoms with E-state index in [0.717, 1.165) is 16.0 Å². The van der Waals surface area contributed by atoms with Crippen LogP contribution in [-0.4, -0.2) is 31.1 Å². The van der Waals surface area contributed by atoms with Gasteiger partial charge in [0.1, 0.15) is 0 Å². The number of nitrogens with zero attached hydrogens (tertiary/aromatic N) is 1. The standard InChI is InChI=1S/C11H14N2O3S2/c1-8-10(17-7-12-8)2-3-11(14)13-9-4-5-18(15,16)6-9/h4-5,7,9H,2-3,6H2,1H3,(H,13,14)/t9-/m1/s1. The number of amides is 1. The summed E-state index contributed by atoms with van der Waals surface area (Å²) in [5, 5.41) is 3.85. The lowest BCUT2D eigenvalue weighted by Gasteiger charge is -2.09. The Kier molecular flexibility index (Phi) is 3.82. The number of nitrogens with one attached hydrogen (secondary N) is 1. The molecule has 1 atom stereocenters. The third-order valence-electron chi connectivity index (χ3n) is 2.70. The van der Waals surface area contributed by atoms with E-state index in [4.69, 9.17) is 0 Å². The van der Waals surface area contributed by atoms with E-state index in [9.17, 15) is 13.2 Å². The van der Waals surface area contributed by atoms with Gasteiger partial charge >= 0.3 is 0 Å². The van der Waals surface area contributed by atoms with E-state index in [-0.39, 0.29) is 17.7 Å². The fourth-order valence-corrected chi connectivity index (χ4v) is 3.75. The first-order valence-electron chi connectivity index (χ1n) is 5.55. The van der Waals surface area contributed by atoms with Crippen molar-refractivity contribution in [2.24, 2.45) is 0 Å². The molecule has 0 fully saturated rings. The fraction of sp³-hybridized carbons (Fsp3) is 0.455. The van der Waals surface area contributed by atoms with E-state index in [1.807, 2.05) is 6.92 Å². The molecule has 0 aromatic carbocycles. The molecule has 18 heavy (non-hydrogen) atoms. The van der Waals surface area contributed by atoms with Gasteiger partial charge in [0.2, 0.25) is 5.91 Å². The van der Waals surface area contributed by atoms with Gasteiger partial charge in [-0.1, -0.05) is 0 Å². The quantitative estimate of drug-likeness (QED) is 0.888. The molecule has 0 spiro atoms. The summed E-state index contributed by atoms with van der Waals surface area (Å²) in [6.07, 6.45) is 2.52. The molecular weight excluding hydrogens is 272 g/mol. The van der Waals surface area contributed by atoms with Gasteiger partial charge in [-0.15, -0.1) is 11.3 Å². The van der Waals surface area contributed by atoms with Crippen molar-refractivity contribution in [2.45, 2.75) is 25.8 Å². The molecule has 5 nitrogen and oxygen atoms in total. The minimum absolute atomic E-state index is 0.0294. The normalized spacial score (nSPS) is 21.1. The van der Waals surface area contributed by atoms with Crippen molar-refractivity contribution >= 4 is 27.1 Å². The highest BCUT2D eigenvalue weighted by Crippen LogP contribution is 2.14. The zero-order valence-corrected chi connectivity index (χ0v) is 11.6. The number of thiazole rings is 1. The van der Waals surface area contributed by atoms with Crippen LogP contribution < -0.4 is 5.32 Å². The van der Waals surface area contributed by atoms with Gasteiger partial charge in [0.05, 0.1) is 23.0 Å². The molecule has 7 heteroatoms. The van der Waals surface area contributed by atoms with Crippen LogP contribution >= 0.6 is 11.3 Å². The molecule has 2 rings (SSSR count). The lowest BCUT2D eigenvalue weighted by atomic mass is 10.2. The molecule has 2 heterocycles. The molecule has 0 saturated heterocycles. The molecule has 0 radical (unpaired) electrons. The topological polar surface area (TPSA) is 76.1 Å². The van der Waals surface area contributed by atoms with E-state index in [1.54, 1.807) is 5.51 Å². The Balaban J connectivity index is 1.80. The maximum absolute atomic E-state index is 11.7. The number of rotatable bonds is 4. The summed E-state index contributed by atoms with van der Waals surface area (Å²) in [5.41, 5.74) is 2.71. The summed E-state index contributed by atoms with van der Waals surface area (Å²) in [7, 11) is -3.11. The third kappa shape index (κ3) is 3.39. The molecule has 1 aliphatic rings. The Morgan fingerprint density at radius 3 is 2.94 bits per heavy atom. The molecule has 0 saturated carbocycles. The summed E-state index contributed by atoms with van der Waals surface area (Å²) < 4.78 is 22.3. The Labute approximate surface area is 110 Å². The number of hydrogen-bond donors (Lipinski definition) is 1. The van der Waals surface area contributed by atoms with Crippen LogP contribution in [0.4, 0.5) is 0 Å². The number of aromatic nitrogens is 1. The van der Waals surface area contributed by atoms with Crippen LogP contribution in [0.3, 0.4) is 0 Å². The van der Waals surface area contributed by atoms with Gasteiger partial charge in [0.25, 0.3) is 0 Å². The maximum atomic E-state index is 11.7. The first kappa shape index (κ1) is 13.2. The van der Waals surface area contributed by atoms with Crippen LogP contribution in [-0.2, 0) is 21.1 Å². The lowest BCUT2D eigenvalue weighted by molar-refractivity contribution is -0.121. The molecule has 0 aliphatic carbocycles. The van der Waals surface area contributed by atoms with Crippen molar-refractivity contribution in [3.63, 3.8) is 0 Å². The summed E-state index contributed by atoms with van der Waals surface area (Å²) >= 11 is 1.53. The molecule has 0 unspecified atom stereocenters. The van der Waals surface area contributed by atoms with E-state index >= 15 is 0 Å². The summed E-state index contributed by atoms with van der Waals surface area (Å²) in [6.45, 7) is 1.91. The van der Waals surface area contributed by atoms with Crippen LogP contribution in [0.1, 0.15) is 17.0 Å². The van der Waals surface area contributed by atoms with Gasteiger partial charge in [-0.25, -0.2) is 13.4 Å². The van der Waals surface area contributed by atoms with Crippen molar-refractivity contribution < 1.29 is 13.2 Å². The predicted octanol–water partition coefficient (Wildman–Crippen LogP) is 0.811. The Bertz CT molecular complexity index is 575. The van der Waals surface area contributed by atoms with Crippen LogP contribution in [0.2, 0.25) is 0 Å². The molecule has 1 aromatic heterocycles. The largest absolute Gasteiger partial charge is 0.349 e. The predicted molar refractivity (Wildman–Crippen MR) is 70.0 cm³/mol. The van der Waals surface area contributed by atoms with Gasteiger partial charge in [-0.3, -0.25) is 4.79 Å². The van der Waals surface area contributed by atoms with Gasteiger partial charge in [-0.2, -0.15) is 0 Å². The van der Waals surface area contributed by atoms with Crippen LogP contribution in [0.15, 0.2) is 17.0 Å². The molecule has 1 aliphatic heterocycles. The van der Waals surface area contributed by atoms with Gasteiger partial charge < -0.3 is 5.32 Å². The van der Waals surface area contributed by atoms with Crippen molar-refractivity contribution in [3.8, 4) is 0 Å². The van der Waals surface area contributed by atoms with Crippen molar-refractivity contribution in [3.05, 3.63) is 27.6 Å². The fourth-order valence-electron chi connectivity index (χ4n) is 1.74. The smallest absolute Gasteiger partial charge is 0.220 e. The van der Waals surface area contributed by atoms with Gasteiger partial charge in [0.15, 0.2) is 9.84 Å². The number of hydrogen-bond acceptors (Lipinski definition) is 5. The van der Waals surface area contributed by atoms with Gasteiger partial charge in [-0.05, 0) is 19.4 Å². The minimum Gasteiger partial charge on any atom is -0.349 e. The summed E-state index contributed by atoms with van der Waals surface area (Å²) in [5.74, 6) is -0.159. The Morgan fingerprint density at radius 2 is 2.39 bits per heavy atom. The van der Waals surface area contributed by atoms with E-state index < -0.39 is 9.84 Å². The van der Waals surface area contributed by atoms with E-state index in [0.29, 0.717) is 12.8 Å². The second kappa shape index (κ2) is 5.19. The molecule has 98 valence electrons. The minimum atomic E-state index is -3.11. The second-order valence-electron chi connectivity index (χ2n) is 4.19. The number of aryl methyl sites for hydroxylation is 2. The maximum Gasteiger partial charge on any atom is 0.220 e. The highest BCUT2D eigenvalue weighted by Gasteiger charge is 2.22. The number of carbonyl (C=O) groups excluding carboxylic acids is 1.